The largest absolute Gasteiger partial charge is 0.357 e. The van der Waals surface area contributed by atoms with E-state index in [9.17, 15) is 0 Å². The summed E-state index contributed by atoms with van der Waals surface area (Å²) in [5.41, 5.74) is 0.628. The van der Waals surface area contributed by atoms with E-state index in [4.69, 9.17) is 0 Å². The molecule has 0 amide bonds. The van der Waals surface area contributed by atoms with Crippen LogP contribution in [0.5, 0.6) is 0 Å². The summed E-state index contributed by atoms with van der Waals surface area (Å²) in [5.74, 6) is 4.88. The van der Waals surface area contributed by atoms with E-state index in [0.717, 1.165) is 42.6 Å². The summed E-state index contributed by atoms with van der Waals surface area (Å²) in [5, 5.41) is 11.0. The number of aryl methyl sites for hydroxylation is 1. The van der Waals surface area contributed by atoms with Crippen molar-refractivity contribution in [1.29, 1.82) is 0 Å². The van der Waals surface area contributed by atoms with Crippen molar-refractivity contribution in [2.75, 3.05) is 13.1 Å². The van der Waals surface area contributed by atoms with E-state index in [1.165, 1.54) is 44.9 Å². The number of nitrogens with one attached hydrogen (secondary N) is 2. The van der Waals surface area contributed by atoms with Gasteiger partial charge in [0.2, 0.25) is 0 Å². The fourth-order valence-electron chi connectivity index (χ4n) is 6.00. The van der Waals surface area contributed by atoms with E-state index in [-0.39, 0.29) is 0 Å². The van der Waals surface area contributed by atoms with Crippen LogP contribution < -0.4 is 10.6 Å². The highest BCUT2D eigenvalue weighted by Gasteiger charge is 2.50. The second kappa shape index (κ2) is 6.96. The van der Waals surface area contributed by atoms with Crippen LogP contribution in [-0.2, 0) is 13.6 Å². The van der Waals surface area contributed by atoms with Gasteiger partial charge in [-0.15, -0.1) is 0 Å². The molecular weight excluding hydrogens is 312 g/mol. The van der Waals surface area contributed by atoms with Gasteiger partial charge in [-0.3, -0.25) is 4.68 Å². The van der Waals surface area contributed by atoms with Gasteiger partial charge in [0.15, 0.2) is 5.96 Å². The first-order valence-electron chi connectivity index (χ1n) is 10.0. The molecule has 4 aliphatic carbocycles. The number of guanidine groups is 1. The van der Waals surface area contributed by atoms with Crippen LogP contribution in [0.15, 0.2) is 11.3 Å². The van der Waals surface area contributed by atoms with Crippen LogP contribution in [-0.4, -0.2) is 33.8 Å². The van der Waals surface area contributed by atoms with Gasteiger partial charge in [0.25, 0.3) is 0 Å². The highest BCUT2D eigenvalue weighted by Crippen LogP contribution is 2.61. The normalized spacial score (nSPS) is 33.7. The minimum absolute atomic E-state index is 0.559. The second-order valence-electron chi connectivity index (χ2n) is 8.59. The standard InChI is InChI=1S/C19H32N6/c1-3-20-18(22-12-17-23-13-24-25(17)2)21-5-4-19-9-14-6-15(10-19)8-16(7-14)11-19/h13-16H,3-12H2,1-2H3,(H2,20,21,22). The first-order chi connectivity index (χ1) is 12.2. The van der Waals surface area contributed by atoms with E-state index in [1.54, 1.807) is 11.0 Å². The maximum atomic E-state index is 4.67. The lowest BCUT2D eigenvalue weighted by atomic mass is 9.49. The Balaban J connectivity index is 1.32. The Hall–Kier alpha value is -1.59. The summed E-state index contributed by atoms with van der Waals surface area (Å²) in [6, 6.07) is 0. The summed E-state index contributed by atoms with van der Waals surface area (Å²) in [7, 11) is 1.91. The third kappa shape index (κ3) is 3.67. The summed E-state index contributed by atoms with van der Waals surface area (Å²) < 4.78 is 1.78. The maximum absolute atomic E-state index is 4.67. The molecule has 1 aromatic rings. The zero-order valence-corrected chi connectivity index (χ0v) is 15.7. The molecule has 0 aromatic carbocycles. The SMILES string of the molecule is CCNC(=NCc1ncnn1C)NCCC12CC3CC(CC(C3)C1)C2. The Morgan fingerprint density at radius 2 is 1.88 bits per heavy atom. The maximum Gasteiger partial charge on any atom is 0.191 e. The van der Waals surface area contributed by atoms with E-state index in [1.807, 2.05) is 7.05 Å². The monoisotopic (exact) mass is 344 g/mol. The van der Waals surface area contributed by atoms with Crippen molar-refractivity contribution < 1.29 is 0 Å². The molecule has 0 saturated heterocycles. The number of hydrogen-bond donors (Lipinski definition) is 2. The van der Waals surface area contributed by atoms with Crippen LogP contribution >= 0.6 is 0 Å². The predicted octanol–water partition coefficient (Wildman–Crippen LogP) is 2.48. The van der Waals surface area contributed by atoms with Gasteiger partial charge in [-0.25, -0.2) is 9.98 Å². The number of rotatable bonds is 6. The highest BCUT2D eigenvalue weighted by molar-refractivity contribution is 5.79. The topological polar surface area (TPSA) is 67.1 Å². The van der Waals surface area contributed by atoms with Gasteiger partial charge in [-0.2, -0.15) is 5.10 Å². The molecule has 138 valence electrons. The summed E-state index contributed by atoms with van der Waals surface area (Å²) >= 11 is 0. The molecule has 4 fully saturated rings. The van der Waals surface area contributed by atoms with Gasteiger partial charge >= 0.3 is 0 Å². The molecule has 6 nitrogen and oxygen atoms in total. The van der Waals surface area contributed by atoms with Crippen LogP contribution in [0.2, 0.25) is 0 Å². The van der Waals surface area contributed by atoms with Gasteiger partial charge in [0, 0.05) is 20.1 Å². The zero-order valence-electron chi connectivity index (χ0n) is 15.7. The number of aliphatic imine (C=N–C) groups is 1. The summed E-state index contributed by atoms with van der Waals surface area (Å²) in [4.78, 5) is 8.92. The third-order valence-electron chi connectivity index (χ3n) is 6.64. The molecule has 0 atom stereocenters. The average Bonchev–Trinajstić information content (AvgIpc) is 2.96. The molecule has 6 heteroatoms. The van der Waals surface area contributed by atoms with Crippen molar-refractivity contribution >= 4 is 5.96 Å². The molecule has 0 unspecified atom stereocenters. The second-order valence-corrected chi connectivity index (χ2v) is 8.59. The number of nitrogens with zero attached hydrogens (tertiary/aromatic N) is 4. The van der Waals surface area contributed by atoms with Crippen LogP contribution in [0.1, 0.15) is 57.7 Å². The van der Waals surface area contributed by atoms with Crippen molar-refractivity contribution in [3.8, 4) is 0 Å². The molecule has 25 heavy (non-hydrogen) atoms. The Morgan fingerprint density at radius 1 is 1.20 bits per heavy atom. The summed E-state index contributed by atoms with van der Waals surface area (Å²) in [6.07, 6.45) is 11.9. The predicted molar refractivity (Wildman–Crippen MR) is 99.0 cm³/mol. The number of hydrogen-bond acceptors (Lipinski definition) is 3. The first-order valence-corrected chi connectivity index (χ1v) is 10.0. The van der Waals surface area contributed by atoms with Crippen molar-refractivity contribution in [2.45, 2.75) is 58.4 Å². The van der Waals surface area contributed by atoms with E-state index < -0.39 is 0 Å². The molecule has 4 aliphatic rings. The Bertz CT molecular complexity index is 584. The lowest BCUT2D eigenvalue weighted by molar-refractivity contribution is -0.0562. The molecule has 2 N–H and O–H groups in total. The fraction of sp³-hybridized carbons (Fsp3) is 0.842. The van der Waals surface area contributed by atoms with Crippen molar-refractivity contribution in [3.63, 3.8) is 0 Å². The highest BCUT2D eigenvalue weighted by atomic mass is 15.3. The molecule has 4 bridgehead atoms. The van der Waals surface area contributed by atoms with Gasteiger partial charge in [0.1, 0.15) is 18.7 Å². The average molecular weight is 345 g/mol. The van der Waals surface area contributed by atoms with E-state index in [0.29, 0.717) is 12.0 Å². The lowest BCUT2D eigenvalue weighted by Crippen LogP contribution is -2.48. The molecule has 4 saturated carbocycles. The van der Waals surface area contributed by atoms with Gasteiger partial charge in [0.05, 0.1) is 0 Å². The Labute approximate surface area is 150 Å². The van der Waals surface area contributed by atoms with Crippen molar-refractivity contribution in [2.24, 2.45) is 35.2 Å². The molecule has 0 spiro atoms. The van der Waals surface area contributed by atoms with E-state index >= 15 is 0 Å². The fourth-order valence-corrected chi connectivity index (χ4v) is 6.00. The third-order valence-corrected chi connectivity index (χ3v) is 6.64. The molecule has 5 rings (SSSR count). The van der Waals surface area contributed by atoms with Crippen LogP contribution in [0, 0.1) is 23.2 Å². The Kier molecular flexibility index (Phi) is 4.69. The van der Waals surface area contributed by atoms with Gasteiger partial charge in [-0.05, 0) is 75.0 Å². The van der Waals surface area contributed by atoms with Crippen LogP contribution in [0.25, 0.3) is 0 Å². The van der Waals surface area contributed by atoms with Crippen LogP contribution in [0.4, 0.5) is 0 Å². The van der Waals surface area contributed by atoms with E-state index in [2.05, 4.69) is 32.6 Å². The number of aromatic nitrogens is 3. The lowest BCUT2D eigenvalue weighted by Gasteiger charge is -2.57. The minimum Gasteiger partial charge on any atom is -0.357 e. The summed E-state index contributed by atoms with van der Waals surface area (Å²) in [6.45, 7) is 4.57. The Morgan fingerprint density at radius 3 is 2.44 bits per heavy atom. The molecule has 0 radical (unpaired) electrons. The zero-order chi connectivity index (χ0) is 17.3. The van der Waals surface area contributed by atoms with Crippen molar-refractivity contribution in [3.05, 3.63) is 12.2 Å². The minimum atomic E-state index is 0.559. The molecule has 1 heterocycles. The molecular formula is C19H32N6. The van der Waals surface area contributed by atoms with Crippen LogP contribution in [0.3, 0.4) is 0 Å². The first kappa shape index (κ1) is 16.9. The van der Waals surface area contributed by atoms with Gasteiger partial charge < -0.3 is 10.6 Å². The molecule has 1 aromatic heterocycles. The van der Waals surface area contributed by atoms with Gasteiger partial charge in [-0.1, -0.05) is 0 Å². The molecule has 0 aliphatic heterocycles. The quantitative estimate of drug-likeness (QED) is 0.614. The smallest absolute Gasteiger partial charge is 0.191 e. The van der Waals surface area contributed by atoms with Crippen molar-refractivity contribution in [1.82, 2.24) is 25.4 Å².